The standard InChI is InChI=1S/C17H19N3OS/c1-20(2)14-6-7-18-13(10-14)11-22-17-9-12-8-15(21-3)4-5-16(12)19-17/h4-10,19H,11H2,1-3H3. The van der Waals surface area contributed by atoms with Gasteiger partial charge in [-0.05, 0) is 36.4 Å². The predicted molar refractivity (Wildman–Crippen MR) is 93.0 cm³/mol. The number of nitrogens with one attached hydrogen (secondary N) is 1. The molecule has 0 atom stereocenters. The van der Waals surface area contributed by atoms with Crippen molar-refractivity contribution in [3.05, 3.63) is 48.3 Å². The van der Waals surface area contributed by atoms with Crippen molar-refractivity contribution in [3.63, 3.8) is 0 Å². The quantitative estimate of drug-likeness (QED) is 0.725. The average Bonchev–Trinajstić information content (AvgIpc) is 2.95. The van der Waals surface area contributed by atoms with Crippen molar-refractivity contribution in [2.45, 2.75) is 10.8 Å². The summed E-state index contributed by atoms with van der Waals surface area (Å²) in [6.07, 6.45) is 1.86. The molecule has 22 heavy (non-hydrogen) atoms. The van der Waals surface area contributed by atoms with E-state index in [1.54, 1.807) is 18.9 Å². The van der Waals surface area contributed by atoms with E-state index in [1.807, 2.05) is 44.6 Å². The van der Waals surface area contributed by atoms with Crippen LogP contribution < -0.4 is 9.64 Å². The Kier molecular flexibility index (Phi) is 4.24. The molecule has 0 saturated heterocycles. The second-order valence-electron chi connectivity index (χ2n) is 5.28. The number of hydrogen-bond acceptors (Lipinski definition) is 4. The summed E-state index contributed by atoms with van der Waals surface area (Å²) in [5.74, 6) is 1.72. The lowest BCUT2D eigenvalue weighted by Gasteiger charge is -2.12. The van der Waals surface area contributed by atoms with Gasteiger partial charge in [0.2, 0.25) is 0 Å². The van der Waals surface area contributed by atoms with E-state index < -0.39 is 0 Å². The fourth-order valence-electron chi connectivity index (χ4n) is 2.26. The summed E-state index contributed by atoms with van der Waals surface area (Å²) in [6, 6.07) is 12.3. The number of nitrogens with zero attached hydrogens (tertiary/aromatic N) is 2. The lowest BCUT2D eigenvalue weighted by molar-refractivity contribution is 0.415. The van der Waals surface area contributed by atoms with Crippen LogP contribution in [0.4, 0.5) is 5.69 Å². The Morgan fingerprint density at radius 1 is 1.18 bits per heavy atom. The van der Waals surface area contributed by atoms with Crippen molar-refractivity contribution in [2.75, 3.05) is 26.1 Å². The first kappa shape index (κ1) is 14.8. The molecule has 0 saturated carbocycles. The summed E-state index contributed by atoms with van der Waals surface area (Å²) < 4.78 is 5.26. The van der Waals surface area contributed by atoms with Gasteiger partial charge in [-0.1, -0.05) is 0 Å². The van der Waals surface area contributed by atoms with Gasteiger partial charge in [-0.2, -0.15) is 0 Å². The molecule has 2 heterocycles. The number of benzene rings is 1. The minimum atomic E-state index is 0.839. The van der Waals surface area contributed by atoms with Crippen LogP contribution in [0.2, 0.25) is 0 Å². The predicted octanol–water partition coefficient (Wildman–Crippen LogP) is 3.93. The Morgan fingerprint density at radius 3 is 2.82 bits per heavy atom. The number of aromatic amines is 1. The third-order valence-corrected chi connectivity index (χ3v) is 4.47. The van der Waals surface area contributed by atoms with E-state index in [9.17, 15) is 0 Å². The van der Waals surface area contributed by atoms with E-state index in [1.165, 1.54) is 5.69 Å². The molecule has 1 aromatic carbocycles. The van der Waals surface area contributed by atoms with Crippen LogP contribution in [0.1, 0.15) is 5.69 Å². The van der Waals surface area contributed by atoms with Crippen LogP contribution in [0, 0.1) is 0 Å². The SMILES string of the molecule is COc1ccc2[nH]c(SCc3cc(N(C)C)ccn3)cc2c1. The molecule has 0 aliphatic rings. The lowest BCUT2D eigenvalue weighted by atomic mass is 10.2. The van der Waals surface area contributed by atoms with Crippen molar-refractivity contribution in [3.8, 4) is 5.75 Å². The number of hydrogen-bond donors (Lipinski definition) is 1. The average molecular weight is 313 g/mol. The molecule has 3 rings (SSSR count). The van der Waals surface area contributed by atoms with Crippen molar-refractivity contribution in [1.29, 1.82) is 0 Å². The maximum Gasteiger partial charge on any atom is 0.119 e. The third-order valence-electron chi connectivity index (χ3n) is 3.50. The molecule has 0 radical (unpaired) electrons. The highest BCUT2D eigenvalue weighted by Crippen LogP contribution is 2.28. The molecule has 0 unspecified atom stereocenters. The summed E-state index contributed by atoms with van der Waals surface area (Å²) in [4.78, 5) is 9.95. The Labute approximate surface area is 134 Å². The fraction of sp³-hybridized carbons (Fsp3) is 0.235. The molecular formula is C17H19N3OS. The van der Waals surface area contributed by atoms with Gasteiger partial charge in [0, 0.05) is 42.6 Å². The van der Waals surface area contributed by atoms with Crippen LogP contribution in [-0.4, -0.2) is 31.2 Å². The topological polar surface area (TPSA) is 41.1 Å². The molecule has 3 aromatic rings. The Morgan fingerprint density at radius 2 is 2.05 bits per heavy atom. The van der Waals surface area contributed by atoms with Gasteiger partial charge in [0.1, 0.15) is 5.75 Å². The summed E-state index contributed by atoms with van der Waals surface area (Å²) in [5, 5.41) is 2.30. The molecule has 0 aliphatic carbocycles. The number of rotatable bonds is 5. The van der Waals surface area contributed by atoms with Crippen molar-refractivity contribution in [2.24, 2.45) is 0 Å². The molecular weight excluding hydrogens is 294 g/mol. The molecule has 0 aliphatic heterocycles. The molecule has 5 heteroatoms. The largest absolute Gasteiger partial charge is 0.497 e. The maximum absolute atomic E-state index is 5.26. The van der Waals surface area contributed by atoms with Gasteiger partial charge in [-0.3, -0.25) is 4.98 Å². The van der Waals surface area contributed by atoms with Crippen LogP contribution >= 0.6 is 11.8 Å². The first-order valence-electron chi connectivity index (χ1n) is 7.07. The maximum atomic E-state index is 5.26. The Bertz CT molecular complexity index is 782. The van der Waals surface area contributed by atoms with E-state index in [0.717, 1.165) is 33.1 Å². The van der Waals surface area contributed by atoms with Gasteiger partial charge in [-0.15, -0.1) is 11.8 Å². The van der Waals surface area contributed by atoms with Crippen molar-refractivity contribution < 1.29 is 4.74 Å². The number of anilines is 1. The number of thioether (sulfide) groups is 1. The zero-order chi connectivity index (χ0) is 15.5. The molecule has 0 spiro atoms. The van der Waals surface area contributed by atoms with Gasteiger partial charge < -0.3 is 14.6 Å². The number of fused-ring (bicyclic) bond motifs is 1. The molecule has 0 amide bonds. The van der Waals surface area contributed by atoms with E-state index >= 15 is 0 Å². The first-order chi connectivity index (χ1) is 10.7. The van der Waals surface area contributed by atoms with Gasteiger partial charge in [0.05, 0.1) is 17.8 Å². The molecule has 1 N–H and O–H groups in total. The highest BCUT2D eigenvalue weighted by molar-refractivity contribution is 7.98. The number of pyridine rings is 1. The van der Waals surface area contributed by atoms with Gasteiger partial charge >= 0.3 is 0 Å². The summed E-state index contributed by atoms with van der Waals surface area (Å²) in [5.41, 5.74) is 3.37. The van der Waals surface area contributed by atoms with Crippen LogP contribution in [0.3, 0.4) is 0 Å². The Balaban J connectivity index is 1.75. The molecule has 114 valence electrons. The second kappa shape index (κ2) is 6.32. The van der Waals surface area contributed by atoms with Gasteiger partial charge in [-0.25, -0.2) is 0 Å². The van der Waals surface area contributed by atoms with Crippen LogP contribution in [0.15, 0.2) is 47.6 Å². The minimum Gasteiger partial charge on any atom is -0.497 e. The number of ether oxygens (including phenoxy) is 1. The smallest absolute Gasteiger partial charge is 0.119 e. The van der Waals surface area contributed by atoms with Crippen LogP contribution in [0.5, 0.6) is 5.75 Å². The van der Waals surface area contributed by atoms with E-state index in [0.29, 0.717) is 0 Å². The summed E-state index contributed by atoms with van der Waals surface area (Å²) >= 11 is 1.76. The number of H-pyrrole nitrogens is 1. The van der Waals surface area contributed by atoms with Gasteiger partial charge in [0.25, 0.3) is 0 Å². The summed E-state index contributed by atoms with van der Waals surface area (Å²) in [7, 11) is 5.77. The highest BCUT2D eigenvalue weighted by Gasteiger charge is 2.05. The second-order valence-corrected chi connectivity index (χ2v) is 6.29. The van der Waals surface area contributed by atoms with Crippen molar-refractivity contribution in [1.82, 2.24) is 9.97 Å². The number of aromatic nitrogens is 2. The zero-order valence-electron chi connectivity index (χ0n) is 13.0. The van der Waals surface area contributed by atoms with E-state index in [2.05, 4.69) is 27.0 Å². The molecule has 0 fully saturated rings. The lowest BCUT2D eigenvalue weighted by Crippen LogP contribution is -2.09. The van der Waals surface area contributed by atoms with E-state index in [4.69, 9.17) is 4.74 Å². The van der Waals surface area contributed by atoms with Gasteiger partial charge in [0.15, 0.2) is 0 Å². The molecule has 0 bridgehead atoms. The Hall–Kier alpha value is -2.14. The van der Waals surface area contributed by atoms with E-state index in [-0.39, 0.29) is 0 Å². The normalized spacial score (nSPS) is 10.9. The van der Waals surface area contributed by atoms with Crippen LogP contribution in [0.25, 0.3) is 10.9 Å². The zero-order valence-corrected chi connectivity index (χ0v) is 13.8. The monoisotopic (exact) mass is 313 g/mol. The third kappa shape index (κ3) is 3.20. The fourth-order valence-corrected chi connectivity index (χ4v) is 3.12. The first-order valence-corrected chi connectivity index (χ1v) is 8.06. The highest BCUT2D eigenvalue weighted by atomic mass is 32.2. The molecule has 2 aromatic heterocycles. The number of methoxy groups -OCH3 is 1. The minimum absolute atomic E-state index is 0.839. The summed E-state index contributed by atoms with van der Waals surface area (Å²) in [6.45, 7) is 0. The van der Waals surface area contributed by atoms with Crippen LogP contribution in [-0.2, 0) is 5.75 Å². The molecule has 4 nitrogen and oxygen atoms in total. The van der Waals surface area contributed by atoms with Crippen molar-refractivity contribution >= 4 is 28.4 Å².